The lowest BCUT2D eigenvalue weighted by atomic mass is 9.73. The lowest BCUT2D eigenvalue weighted by Crippen LogP contribution is -2.32. The largest absolute Gasteiger partial charge is 0.492 e. The van der Waals surface area contributed by atoms with Crippen molar-refractivity contribution in [3.05, 3.63) is 76.3 Å². The second-order valence-corrected chi connectivity index (χ2v) is 11.3. The van der Waals surface area contributed by atoms with E-state index in [1.165, 1.54) is 18.9 Å². The molecule has 0 amide bonds. The first-order valence-corrected chi connectivity index (χ1v) is 14.7. The molecule has 7 heteroatoms. The summed E-state index contributed by atoms with van der Waals surface area (Å²) in [6, 6.07) is 12.2. The van der Waals surface area contributed by atoms with Crippen LogP contribution in [0.15, 0.2) is 65.7 Å². The highest BCUT2D eigenvalue weighted by Crippen LogP contribution is 2.43. The summed E-state index contributed by atoms with van der Waals surface area (Å²) in [5, 5.41) is 11.3. The Kier molecular flexibility index (Phi) is 9.12. The molecule has 2 saturated heterocycles. The van der Waals surface area contributed by atoms with Gasteiger partial charge in [-0.2, -0.15) is 5.26 Å². The zero-order valence-corrected chi connectivity index (χ0v) is 24.2. The first-order valence-electron chi connectivity index (χ1n) is 14.7. The minimum atomic E-state index is -0.761. The number of halogens is 1. The predicted octanol–water partition coefficient (Wildman–Crippen LogP) is 5.53. The number of hydrogen-bond donors (Lipinski definition) is 1. The monoisotopic (exact) mass is 557 g/mol. The lowest BCUT2D eigenvalue weighted by molar-refractivity contribution is -0.00206. The van der Waals surface area contributed by atoms with Gasteiger partial charge >= 0.3 is 0 Å². The fourth-order valence-electron chi connectivity index (χ4n) is 5.97. The fraction of sp³-hybridized carbons (Fsp3) is 0.441. The van der Waals surface area contributed by atoms with E-state index in [1.54, 1.807) is 6.92 Å². The first kappa shape index (κ1) is 28.9. The van der Waals surface area contributed by atoms with Crippen LogP contribution in [0.4, 0.5) is 4.39 Å². The minimum Gasteiger partial charge on any atom is -0.492 e. The van der Waals surface area contributed by atoms with Crippen molar-refractivity contribution in [2.45, 2.75) is 52.1 Å². The van der Waals surface area contributed by atoms with Gasteiger partial charge in [-0.1, -0.05) is 25.7 Å². The molecule has 1 aromatic carbocycles. The van der Waals surface area contributed by atoms with Crippen molar-refractivity contribution in [3.8, 4) is 23.1 Å². The van der Waals surface area contributed by atoms with E-state index in [1.807, 2.05) is 49.4 Å². The summed E-state index contributed by atoms with van der Waals surface area (Å²) in [7, 11) is 0. The van der Waals surface area contributed by atoms with Crippen LogP contribution in [-0.2, 0) is 9.47 Å². The molecule has 1 atom stereocenters. The Morgan fingerprint density at radius 1 is 1.24 bits per heavy atom. The highest BCUT2D eigenvalue weighted by atomic mass is 19.1. The van der Waals surface area contributed by atoms with Gasteiger partial charge in [-0.3, -0.25) is 4.90 Å². The normalized spacial score (nSPS) is 23.0. The number of benzene rings is 1. The number of nitriles is 1. The number of hydrogen-bond acceptors (Lipinski definition) is 5. The summed E-state index contributed by atoms with van der Waals surface area (Å²) in [5.74, 6) is 1.07. The number of nitrogens with zero attached hydrogens (tertiary/aromatic N) is 2. The Morgan fingerprint density at radius 2 is 1.98 bits per heavy atom. The van der Waals surface area contributed by atoms with E-state index in [-0.39, 0.29) is 11.9 Å². The van der Waals surface area contributed by atoms with E-state index in [9.17, 15) is 5.26 Å². The van der Waals surface area contributed by atoms with E-state index in [4.69, 9.17) is 14.2 Å². The Labute approximate surface area is 242 Å². The molecule has 0 spiro atoms. The lowest BCUT2D eigenvalue weighted by Gasteiger charge is -2.33. The number of allylic oxidation sites excluding steroid dienone is 5. The third-order valence-electron chi connectivity index (χ3n) is 8.29. The standard InChI is InChI=1S/C34H40FN3O3/c1-4-30(35)33(34(3)14-11-32(26(22-34)23-36)41-28-12-18-39-19-13-28)29-21-31(37-24(29)2)25-7-9-27(10-8-25)40-20-17-38-15-5-6-16-38/h4,7-11,21-22,28,37H,2,5-6,12-20H2,1,3H3/b30-4+,33-29+. The van der Waals surface area contributed by atoms with Gasteiger partial charge in [0.25, 0.3) is 0 Å². The number of H-pyrrole nitrogens is 1. The summed E-state index contributed by atoms with van der Waals surface area (Å²) >= 11 is 0. The van der Waals surface area contributed by atoms with Crippen molar-refractivity contribution in [3.63, 3.8) is 0 Å². The van der Waals surface area contributed by atoms with Crippen molar-refractivity contribution >= 4 is 12.2 Å². The number of nitrogens with one attached hydrogen (secondary N) is 1. The Balaban J connectivity index is 1.40. The maximum atomic E-state index is 15.7. The maximum Gasteiger partial charge on any atom is 0.133 e. The second-order valence-electron chi connectivity index (χ2n) is 11.3. The number of rotatable bonds is 9. The first-order chi connectivity index (χ1) is 19.9. The van der Waals surface area contributed by atoms with Crippen molar-refractivity contribution < 1.29 is 18.6 Å². The van der Waals surface area contributed by atoms with Crippen LogP contribution in [0.3, 0.4) is 0 Å². The van der Waals surface area contributed by atoms with Crippen molar-refractivity contribution in [2.24, 2.45) is 5.41 Å². The molecule has 5 rings (SSSR count). The second kappa shape index (κ2) is 12.9. The van der Waals surface area contributed by atoms with Gasteiger partial charge in [0.1, 0.15) is 36.1 Å². The van der Waals surface area contributed by atoms with Gasteiger partial charge in [0.15, 0.2) is 0 Å². The zero-order chi connectivity index (χ0) is 28.8. The van der Waals surface area contributed by atoms with Crippen LogP contribution < -0.4 is 15.3 Å². The van der Waals surface area contributed by atoms with Gasteiger partial charge in [-0.05, 0) is 81.2 Å². The number of aromatic nitrogens is 1. The van der Waals surface area contributed by atoms with Crippen LogP contribution in [0, 0.1) is 16.7 Å². The molecule has 1 aromatic heterocycles. The quantitative estimate of drug-likeness (QED) is 0.439. The molecule has 2 aromatic rings. The molecule has 0 saturated carbocycles. The summed E-state index contributed by atoms with van der Waals surface area (Å²) < 4.78 is 33.3. The molecular weight excluding hydrogens is 517 g/mol. The average Bonchev–Trinajstić information content (AvgIpc) is 3.65. The molecule has 2 fully saturated rings. The summed E-state index contributed by atoms with van der Waals surface area (Å²) in [6.45, 7) is 13.1. The zero-order valence-electron chi connectivity index (χ0n) is 24.2. The van der Waals surface area contributed by atoms with Crippen LogP contribution in [0.2, 0.25) is 0 Å². The van der Waals surface area contributed by atoms with Gasteiger partial charge in [0.05, 0.1) is 18.8 Å². The highest BCUT2D eigenvalue weighted by Gasteiger charge is 2.35. The molecule has 3 aliphatic rings. The van der Waals surface area contributed by atoms with Crippen LogP contribution in [-0.4, -0.2) is 55.4 Å². The maximum absolute atomic E-state index is 15.7. The van der Waals surface area contributed by atoms with Crippen LogP contribution >= 0.6 is 0 Å². The van der Waals surface area contributed by atoms with Crippen molar-refractivity contribution in [1.29, 1.82) is 5.26 Å². The Morgan fingerprint density at radius 3 is 2.66 bits per heavy atom. The van der Waals surface area contributed by atoms with Crippen molar-refractivity contribution in [1.82, 2.24) is 9.88 Å². The molecule has 3 heterocycles. The Hall–Kier alpha value is -3.60. The topological polar surface area (TPSA) is 70.5 Å². The predicted molar refractivity (Wildman–Crippen MR) is 160 cm³/mol. The van der Waals surface area contributed by atoms with E-state index < -0.39 is 5.41 Å². The molecule has 6 nitrogen and oxygen atoms in total. The molecule has 1 aliphatic carbocycles. The molecule has 1 unspecified atom stereocenters. The summed E-state index contributed by atoms with van der Waals surface area (Å²) in [4.78, 5) is 5.78. The third kappa shape index (κ3) is 6.66. The van der Waals surface area contributed by atoms with Gasteiger partial charge in [-0.25, -0.2) is 4.39 Å². The fourth-order valence-corrected chi connectivity index (χ4v) is 5.97. The van der Waals surface area contributed by atoms with Crippen molar-refractivity contribution in [2.75, 3.05) is 39.5 Å². The smallest absolute Gasteiger partial charge is 0.133 e. The molecular formula is C34H40FN3O3. The van der Waals surface area contributed by atoms with E-state index >= 15 is 4.39 Å². The molecule has 216 valence electrons. The van der Waals surface area contributed by atoms with Crippen LogP contribution in [0.5, 0.6) is 5.75 Å². The number of aromatic amines is 1. The minimum absolute atomic E-state index is 0.0207. The Bertz CT molecular complexity index is 1470. The molecule has 41 heavy (non-hydrogen) atoms. The van der Waals surface area contributed by atoms with Gasteiger partial charge in [0, 0.05) is 46.6 Å². The molecule has 0 radical (unpaired) electrons. The van der Waals surface area contributed by atoms with Crippen LogP contribution in [0.1, 0.15) is 46.0 Å². The summed E-state index contributed by atoms with van der Waals surface area (Å²) in [6.07, 6.45) is 9.89. The van der Waals surface area contributed by atoms with Gasteiger partial charge in [-0.15, -0.1) is 0 Å². The van der Waals surface area contributed by atoms with E-state index in [0.29, 0.717) is 53.7 Å². The van der Waals surface area contributed by atoms with E-state index in [2.05, 4.69) is 22.5 Å². The number of ether oxygens (including phenoxy) is 3. The third-order valence-corrected chi connectivity index (χ3v) is 8.29. The van der Waals surface area contributed by atoms with E-state index in [0.717, 1.165) is 49.5 Å². The van der Waals surface area contributed by atoms with Gasteiger partial charge < -0.3 is 19.2 Å². The van der Waals surface area contributed by atoms with Crippen LogP contribution in [0.25, 0.3) is 23.4 Å². The molecule has 0 bridgehead atoms. The SMILES string of the molecule is C=c1[nH]c(-c2ccc(OCCN3CCCC3)cc2)c/c1=C(/C(F)=C\C)C1(C)C=C(C#N)C(OC2CCOCC2)=CC1. The highest BCUT2D eigenvalue weighted by molar-refractivity contribution is 5.72. The average molecular weight is 558 g/mol. The molecule has 1 N–H and O–H groups in total. The molecule has 2 aliphatic heterocycles. The van der Waals surface area contributed by atoms with Gasteiger partial charge in [0.2, 0.25) is 0 Å². The number of likely N-dealkylation sites (tertiary alicyclic amines) is 1. The summed E-state index contributed by atoms with van der Waals surface area (Å²) in [5.41, 5.74) is 1.97.